The Labute approximate surface area is 158 Å². The quantitative estimate of drug-likeness (QED) is 0.654. The van der Waals surface area contributed by atoms with E-state index in [9.17, 15) is 9.90 Å². The lowest BCUT2D eigenvalue weighted by molar-refractivity contribution is 0.0698. The molecule has 1 aromatic heterocycles. The Hall–Kier alpha value is -2.59. The number of benzene rings is 2. The average Bonchev–Trinajstić information content (AvgIpc) is 2.61. The first-order chi connectivity index (χ1) is 12.5. The van der Waals surface area contributed by atoms with Gasteiger partial charge >= 0.3 is 5.97 Å². The first kappa shape index (κ1) is 18.2. The second-order valence-electron chi connectivity index (χ2n) is 6.19. The van der Waals surface area contributed by atoms with Crippen LogP contribution in [0.4, 0.5) is 5.82 Å². The van der Waals surface area contributed by atoms with Gasteiger partial charge in [0.15, 0.2) is 0 Å². The Bertz CT molecular complexity index is 981. The highest BCUT2D eigenvalue weighted by Crippen LogP contribution is 2.37. The summed E-state index contributed by atoms with van der Waals surface area (Å²) in [6.07, 6.45) is 0. The van der Waals surface area contributed by atoms with Crippen molar-refractivity contribution in [1.82, 2.24) is 4.98 Å². The van der Waals surface area contributed by atoms with E-state index < -0.39 is 5.97 Å². The minimum Gasteiger partial charge on any atom is -0.478 e. The van der Waals surface area contributed by atoms with E-state index in [2.05, 4.69) is 0 Å². The Balaban J connectivity index is 2.50. The van der Waals surface area contributed by atoms with Crippen LogP contribution < -0.4 is 4.90 Å². The predicted molar refractivity (Wildman–Crippen MR) is 107 cm³/mol. The van der Waals surface area contributed by atoms with Crippen LogP contribution in [0, 0.1) is 6.92 Å². The van der Waals surface area contributed by atoms with Gasteiger partial charge in [-0.05, 0) is 50.6 Å². The molecule has 0 unspecified atom stereocenters. The molecule has 0 aliphatic carbocycles. The number of carbonyl (C=O) groups is 1. The average molecular weight is 369 g/mol. The van der Waals surface area contributed by atoms with Crippen LogP contribution in [0.3, 0.4) is 0 Å². The van der Waals surface area contributed by atoms with Gasteiger partial charge in [0.25, 0.3) is 0 Å². The number of pyridine rings is 1. The number of carboxylic acid groups (broad SMARTS) is 1. The van der Waals surface area contributed by atoms with E-state index in [1.54, 1.807) is 12.1 Å². The van der Waals surface area contributed by atoms with Crippen molar-refractivity contribution in [3.8, 4) is 11.1 Å². The molecule has 3 rings (SSSR count). The molecule has 0 amide bonds. The molecule has 0 saturated heterocycles. The number of aryl methyl sites for hydroxylation is 1. The fraction of sp³-hybridized carbons (Fsp3) is 0.238. The number of carboxylic acids is 1. The Morgan fingerprint density at radius 3 is 2.50 bits per heavy atom. The van der Waals surface area contributed by atoms with Gasteiger partial charge in [0.2, 0.25) is 0 Å². The molecule has 1 N–H and O–H groups in total. The zero-order valence-electron chi connectivity index (χ0n) is 15.1. The van der Waals surface area contributed by atoms with Gasteiger partial charge in [0.05, 0.1) is 5.52 Å². The molecule has 0 aliphatic rings. The molecular formula is C21H21ClN2O2. The highest BCUT2D eigenvalue weighted by Gasteiger charge is 2.24. The molecule has 0 spiro atoms. The summed E-state index contributed by atoms with van der Waals surface area (Å²) in [6.45, 7) is 7.33. The number of halogens is 1. The topological polar surface area (TPSA) is 53.4 Å². The van der Waals surface area contributed by atoms with E-state index in [1.807, 2.05) is 56.0 Å². The number of rotatable bonds is 5. The number of aromatic nitrogens is 1. The van der Waals surface area contributed by atoms with Gasteiger partial charge in [-0.1, -0.05) is 35.4 Å². The second-order valence-corrected chi connectivity index (χ2v) is 6.63. The van der Waals surface area contributed by atoms with Crippen LogP contribution in [-0.2, 0) is 0 Å². The fourth-order valence-corrected chi connectivity index (χ4v) is 3.45. The summed E-state index contributed by atoms with van der Waals surface area (Å²) in [5.41, 5.74) is 3.48. The third-order valence-corrected chi connectivity index (χ3v) is 4.75. The molecule has 0 aliphatic heterocycles. The third-order valence-electron chi connectivity index (χ3n) is 4.51. The molecule has 0 fully saturated rings. The lowest BCUT2D eigenvalue weighted by Crippen LogP contribution is -2.26. The van der Waals surface area contributed by atoms with E-state index in [0.29, 0.717) is 29.5 Å². The number of hydrogen-bond acceptors (Lipinski definition) is 3. The fourth-order valence-electron chi connectivity index (χ4n) is 3.26. The van der Waals surface area contributed by atoms with Gasteiger partial charge in [-0.15, -0.1) is 0 Å². The van der Waals surface area contributed by atoms with E-state index in [-0.39, 0.29) is 5.56 Å². The number of fused-ring (bicyclic) bond motifs is 1. The highest BCUT2D eigenvalue weighted by atomic mass is 35.5. The Morgan fingerprint density at radius 2 is 1.88 bits per heavy atom. The lowest BCUT2D eigenvalue weighted by atomic mass is 9.94. The number of anilines is 1. The number of aromatic carboxylic acids is 1. The van der Waals surface area contributed by atoms with Gasteiger partial charge in [0, 0.05) is 29.1 Å². The molecule has 134 valence electrons. The van der Waals surface area contributed by atoms with Crippen LogP contribution in [0.5, 0.6) is 0 Å². The molecule has 2 aromatic carbocycles. The summed E-state index contributed by atoms with van der Waals surface area (Å²) < 4.78 is 0. The maximum Gasteiger partial charge on any atom is 0.340 e. The van der Waals surface area contributed by atoms with Crippen molar-refractivity contribution < 1.29 is 9.90 Å². The molecule has 4 nitrogen and oxygen atoms in total. The van der Waals surface area contributed by atoms with Crippen LogP contribution >= 0.6 is 11.6 Å². The Kier molecular flexibility index (Phi) is 5.14. The largest absolute Gasteiger partial charge is 0.478 e. The van der Waals surface area contributed by atoms with E-state index in [4.69, 9.17) is 16.6 Å². The monoisotopic (exact) mass is 368 g/mol. The molecule has 3 aromatic rings. The number of nitrogens with zero attached hydrogens (tertiary/aromatic N) is 2. The van der Waals surface area contributed by atoms with Crippen LogP contribution in [0.15, 0.2) is 42.5 Å². The van der Waals surface area contributed by atoms with Crippen molar-refractivity contribution in [3.63, 3.8) is 0 Å². The maximum atomic E-state index is 12.3. The predicted octanol–water partition coefficient (Wildman–Crippen LogP) is 5.41. The molecule has 0 radical (unpaired) electrons. The highest BCUT2D eigenvalue weighted by molar-refractivity contribution is 6.31. The van der Waals surface area contributed by atoms with Crippen molar-refractivity contribution in [2.45, 2.75) is 20.8 Å². The van der Waals surface area contributed by atoms with E-state index in [1.165, 1.54) is 0 Å². The molecule has 0 bridgehead atoms. The summed E-state index contributed by atoms with van der Waals surface area (Å²) in [6, 6.07) is 13.2. The van der Waals surface area contributed by atoms with Crippen LogP contribution in [0.2, 0.25) is 5.02 Å². The van der Waals surface area contributed by atoms with E-state index in [0.717, 1.165) is 22.0 Å². The molecule has 5 heteroatoms. The van der Waals surface area contributed by atoms with Gasteiger partial charge < -0.3 is 10.0 Å². The normalized spacial score (nSPS) is 10.9. The van der Waals surface area contributed by atoms with Crippen molar-refractivity contribution >= 4 is 34.3 Å². The summed E-state index contributed by atoms with van der Waals surface area (Å²) >= 11 is 6.19. The summed E-state index contributed by atoms with van der Waals surface area (Å²) in [4.78, 5) is 18.9. The van der Waals surface area contributed by atoms with Crippen molar-refractivity contribution in [2.75, 3.05) is 18.0 Å². The molecule has 0 saturated carbocycles. The summed E-state index contributed by atoms with van der Waals surface area (Å²) in [5, 5.41) is 11.4. The standard InChI is InChI=1S/C21H21ClN2O2/c1-4-24(5-2)20-19(21(25)26)18(14-7-6-8-15(22)12-14)16-11-13(3)9-10-17(16)23-20/h6-12H,4-5H2,1-3H3,(H,25,26). The molecule has 26 heavy (non-hydrogen) atoms. The van der Waals surface area contributed by atoms with Crippen molar-refractivity contribution in [3.05, 3.63) is 58.6 Å². The first-order valence-corrected chi connectivity index (χ1v) is 9.02. The SMILES string of the molecule is CCN(CC)c1nc2ccc(C)cc2c(-c2cccc(Cl)c2)c1C(=O)O. The van der Waals surface area contributed by atoms with Crippen LogP contribution in [-0.4, -0.2) is 29.1 Å². The zero-order chi connectivity index (χ0) is 18.8. The maximum absolute atomic E-state index is 12.3. The third kappa shape index (κ3) is 3.25. The smallest absolute Gasteiger partial charge is 0.340 e. The zero-order valence-corrected chi connectivity index (χ0v) is 15.8. The summed E-state index contributed by atoms with van der Waals surface area (Å²) in [5.74, 6) is -0.494. The minimum absolute atomic E-state index is 0.217. The van der Waals surface area contributed by atoms with Gasteiger partial charge in [-0.2, -0.15) is 0 Å². The number of hydrogen-bond donors (Lipinski definition) is 1. The van der Waals surface area contributed by atoms with Crippen LogP contribution in [0.25, 0.3) is 22.0 Å². The molecule has 1 heterocycles. The lowest BCUT2D eigenvalue weighted by Gasteiger charge is -2.24. The van der Waals surface area contributed by atoms with Crippen molar-refractivity contribution in [2.24, 2.45) is 0 Å². The van der Waals surface area contributed by atoms with Crippen LogP contribution in [0.1, 0.15) is 29.8 Å². The first-order valence-electron chi connectivity index (χ1n) is 8.64. The minimum atomic E-state index is -0.988. The van der Waals surface area contributed by atoms with Gasteiger partial charge in [-0.25, -0.2) is 9.78 Å². The Morgan fingerprint density at radius 1 is 1.15 bits per heavy atom. The molecule has 0 atom stereocenters. The second kappa shape index (κ2) is 7.34. The summed E-state index contributed by atoms with van der Waals surface area (Å²) in [7, 11) is 0. The molecular weight excluding hydrogens is 348 g/mol. The van der Waals surface area contributed by atoms with Gasteiger partial charge in [-0.3, -0.25) is 0 Å². The van der Waals surface area contributed by atoms with E-state index >= 15 is 0 Å². The van der Waals surface area contributed by atoms with Gasteiger partial charge in [0.1, 0.15) is 11.4 Å². The van der Waals surface area contributed by atoms with Crippen molar-refractivity contribution in [1.29, 1.82) is 0 Å².